The zero-order valence-electron chi connectivity index (χ0n) is 12.8. The second-order valence-electron chi connectivity index (χ2n) is 6.09. The highest BCUT2D eigenvalue weighted by atomic mass is 16.5. The molecule has 1 heterocycles. The molecule has 6 heteroatoms. The molecule has 1 saturated carbocycles. The van der Waals surface area contributed by atoms with Crippen molar-refractivity contribution in [1.82, 2.24) is 4.98 Å². The highest BCUT2D eigenvalue weighted by molar-refractivity contribution is 6.12. The SMILES string of the molecule is COC(=O)[C@]12C[C@H](C)C(O)C(Cc3nc(OC)ccc31)C2=O. The van der Waals surface area contributed by atoms with Gasteiger partial charge in [-0.05, 0) is 17.9 Å². The minimum absolute atomic E-state index is 0.169. The molecule has 2 unspecified atom stereocenters. The molecule has 0 aliphatic heterocycles. The summed E-state index contributed by atoms with van der Waals surface area (Å²) in [5, 5.41) is 10.3. The van der Waals surface area contributed by atoms with Gasteiger partial charge in [-0.1, -0.05) is 13.0 Å². The number of ketones is 1. The van der Waals surface area contributed by atoms with Crippen molar-refractivity contribution in [3.63, 3.8) is 0 Å². The molecule has 0 aromatic carbocycles. The van der Waals surface area contributed by atoms with Crippen LogP contribution in [0.5, 0.6) is 5.88 Å². The number of rotatable bonds is 2. The summed E-state index contributed by atoms with van der Waals surface area (Å²) < 4.78 is 10.1. The summed E-state index contributed by atoms with van der Waals surface area (Å²) >= 11 is 0. The number of pyridine rings is 1. The van der Waals surface area contributed by atoms with Crippen LogP contribution in [0, 0.1) is 11.8 Å². The van der Waals surface area contributed by atoms with Crippen molar-refractivity contribution in [2.45, 2.75) is 31.3 Å². The third-order valence-electron chi connectivity index (χ3n) is 4.95. The number of Topliss-reactive ketones (excluding diaryl/α,β-unsaturated/α-hetero) is 1. The van der Waals surface area contributed by atoms with E-state index in [1.165, 1.54) is 14.2 Å². The number of hydrogen-bond acceptors (Lipinski definition) is 6. The van der Waals surface area contributed by atoms with Gasteiger partial charge >= 0.3 is 5.97 Å². The number of carbonyl (C=O) groups excluding carboxylic acids is 2. The van der Waals surface area contributed by atoms with Crippen molar-refractivity contribution in [3.05, 3.63) is 23.4 Å². The van der Waals surface area contributed by atoms with Crippen LogP contribution in [-0.2, 0) is 26.2 Å². The van der Waals surface area contributed by atoms with Gasteiger partial charge in [0.15, 0.2) is 11.2 Å². The highest BCUT2D eigenvalue weighted by Gasteiger charge is 2.61. The first-order chi connectivity index (χ1) is 10.5. The molecule has 0 spiro atoms. The number of ether oxygens (including phenoxy) is 2. The van der Waals surface area contributed by atoms with Crippen molar-refractivity contribution in [3.8, 4) is 5.88 Å². The second kappa shape index (κ2) is 5.05. The lowest BCUT2D eigenvalue weighted by Crippen LogP contribution is -2.60. The Bertz CT molecular complexity index is 643. The molecule has 6 nitrogen and oxygen atoms in total. The maximum Gasteiger partial charge on any atom is 0.323 e. The molecule has 4 atom stereocenters. The first-order valence-electron chi connectivity index (χ1n) is 7.31. The topological polar surface area (TPSA) is 85.7 Å². The van der Waals surface area contributed by atoms with Crippen LogP contribution in [0.25, 0.3) is 0 Å². The maximum absolute atomic E-state index is 12.9. The highest BCUT2D eigenvalue weighted by Crippen LogP contribution is 2.48. The number of methoxy groups -OCH3 is 2. The number of aliphatic hydroxyl groups is 1. The average Bonchev–Trinajstić information content (AvgIpc) is 2.53. The lowest BCUT2D eigenvalue weighted by molar-refractivity contribution is -0.161. The van der Waals surface area contributed by atoms with Gasteiger partial charge in [0.05, 0.1) is 31.9 Å². The minimum atomic E-state index is -1.36. The number of esters is 1. The smallest absolute Gasteiger partial charge is 0.323 e. The molecular formula is C16H19NO5. The molecule has 3 rings (SSSR count). The Morgan fingerprint density at radius 3 is 2.77 bits per heavy atom. The van der Waals surface area contributed by atoms with E-state index >= 15 is 0 Å². The van der Waals surface area contributed by atoms with Gasteiger partial charge in [-0.25, -0.2) is 4.98 Å². The number of aliphatic hydroxyl groups excluding tert-OH is 1. The number of nitrogens with zero attached hydrogens (tertiary/aromatic N) is 1. The summed E-state index contributed by atoms with van der Waals surface area (Å²) in [4.78, 5) is 29.8. The van der Waals surface area contributed by atoms with Gasteiger partial charge in [-0.15, -0.1) is 0 Å². The number of carbonyl (C=O) groups is 2. The van der Waals surface area contributed by atoms with Gasteiger partial charge in [0, 0.05) is 12.5 Å². The van der Waals surface area contributed by atoms with Gasteiger partial charge in [0.2, 0.25) is 5.88 Å². The second-order valence-corrected chi connectivity index (χ2v) is 6.09. The first-order valence-corrected chi connectivity index (χ1v) is 7.31. The van der Waals surface area contributed by atoms with Crippen LogP contribution < -0.4 is 4.74 Å². The molecule has 1 N–H and O–H groups in total. The summed E-state index contributed by atoms with van der Waals surface area (Å²) in [6, 6.07) is 3.36. The number of aromatic nitrogens is 1. The Labute approximate surface area is 128 Å². The molecule has 1 aromatic heterocycles. The third kappa shape index (κ3) is 1.80. The summed E-state index contributed by atoms with van der Waals surface area (Å²) in [6.07, 6.45) is -0.223. The fraction of sp³-hybridized carbons (Fsp3) is 0.562. The van der Waals surface area contributed by atoms with Gasteiger partial charge in [0.1, 0.15) is 0 Å². The fourth-order valence-electron chi connectivity index (χ4n) is 3.84. The van der Waals surface area contributed by atoms with E-state index in [-0.39, 0.29) is 18.1 Å². The molecule has 1 fully saturated rings. The molecule has 22 heavy (non-hydrogen) atoms. The minimum Gasteiger partial charge on any atom is -0.481 e. The average molecular weight is 305 g/mol. The molecule has 2 aliphatic carbocycles. The summed E-state index contributed by atoms with van der Waals surface area (Å²) in [6.45, 7) is 1.85. The van der Waals surface area contributed by atoms with E-state index in [9.17, 15) is 14.7 Å². The predicted octanol–water partition coefficient (Wildman–Crippen LogP) is 0.643. The van der Waals surface area contributed by atoms with E-state index in [1.54, 1.807) is 12.1 Å². The van der Waals surface area contributed by atoms with Crippen LogP contribution in [0.1, 0.15) is 24.6 Å². The lowest BCUT2D eigenvalue weighted by Gasteiger charge is -2.46. The normalized spacial score (nSPS) is 33.1. The largest absolute Gasteiger partial charge is 0.481 e. The summed E-state index contributed by atoms with van der Waals surface area (Å²) in [5.74, 6) is -1.21. The van der Waals surface area contributed by atoms with Crippen molar-refractivity contribution >= 4 is 11.8 Å². The Morgan fingerprint density at radius 1 is 1.41 bits per heavy atom. The van der Waals surface area contributed by atoms with Crippen molar-refractivity contribution in [2.75, 3.05) is 14.2 Å². The van der Waals surface area contributed by atoms with Gasteiger partial charge in [-0.3, -0.25) is 9.59 Å². The standard InChI is InChI=1S/C16H19NO5/c1-8-7-16(15(20)22-3)10-4-5-12(21-2)17-11(10)6-9(13(8)18)14(16)19/h4-5,8-9,13,18H,6-7H2,1-3H3/t8-,9?,13?,16+/m0/s1. The zero-order chi connectivity index (χ0) is 16.1. The Balaban J connectivity index is 2.24. The van der Waals surface area contributed by atoms with Crippen LogP contribution in [0.15, 0.2) is 12.1 Å². The van der Waals surface area contributed by atoms with Crippen LogP contribution in [0.4, 0.5) is 0 Å². The van der Waals surface area contributed by atoms with Crippen LogP contribution >= 0.6 is 0 Å². The molecule has 1 aromatic rings. The van der Waals surface area contributed by atoms with Crippen molar-refractivity contribution < 1.29 is 24.2 Å². The van der Waals surface area contributed by atoms with E-state index in [1.807, 2.05) is 6.92 Å². The van der Waals surface area contributed by atoms with Crippen molar-refractivity contribution in [1.29, 1.82) is 0 Å². The third-order valence-corrected chi connectivity index (χ3v) is 4.95. The van der Waals surface area contributed by atoms with Gasteiger partial charge in [-0.2, -0.15) is 0 Å². The first kappa shape index (κ1) is 15.0. The van der Waals surface area contributed by atoms with E-state index in [0.717, 1.165) is 0 Å². The van der Waals surface area contributed by atoms with Gasteiger partial charge in [0.25, 0.3) is 0 Å². The monoisotopic (exact) mass is 305 g/mol. The Kier molecular flexibility index (Phi) is 3.44. The molecule has 2 aliphatic rings. The summed E-state index contributed by atoms with van der Waals surface area (Å²) in [5.41, 5.74) is -0.147. The van der Waals surface area contributed by atoms with Crippen LogP contribution in [0.3, 0.4) is 0 Å². The number of hydrogen-bond donors (Lipinski definition) is 1. The molecule has 0 amide bonds. The van der Waals surface area contributed by atoms with Gasteiger partial charge < -0.3 is 14.6 Å². The molecule has 0 saturated heterocycles. The molecule has 2 bridgehead atoms. The fourth-order valence-corrected chi connectivity index (χ4v) is 3.84. The van der Waals surface area contributed by atoms with Crippen LogP contribution in [0.2, 0.25) is 0 Å². The Hall–Kier alpha value is -1.95. The quantitative estimate of drug-likeness (QED) is 0.637. The number of fused-ring (bicyclic) bond motifs is 4. The van der Waals surface area contributed by atoms with E-state index in [0.29, 0.717) is 23.6 Å². The maximum atomic E-state index is 12.9. The van der Waals surface area contributed by atoms with E-state index in [2.05, 4.69) is 4.98 Å². The predicted molar refractivity (Wildman–Crippen MR) is 76.5 cm³/mol. The Morgan fingerprint density at radius 2 is 2.14 bits per heavy atom. The van der Waals surface area contributed by atoms with Crippen molar-refractivity contribution in [2.24, 2.45) is 11.8 Å². The van der Waals surface area contributed by atoms with E-state index < -0.39 is 23.4 Å². The zero-order valence-corrected chi connectivity index (χ0v) is 12.8. The summed E-state index contributed by atoms with van der Waals surface area (Å²) in [7, 11) is 2.79. The molecular weight excluding hydrogens is 286 g/mol. The molecule has 118 valence electrons. The molecule has 0 radical (unpaired) electrons. The van der Waals surface area contributed by atoms with Crippen LogP contribution in [-0.4, -0.2) is 42.2 Å². The van der Waals surface area contributed by atoms with E-state index in [4.69, 9.17) is 9.47 Å². The lowest BCUT2D eigenvalue weighted by atomic mass is 9.56.